The standard InChI is InChI=1S/C23H31FN4O5/c1-3-25-11-15(29)12-26-6-8-27(9-7-26)20-18(24)10-16-19(22(20)33-2)28(14-4-5-14)13-17(21(16)30)23(31)32/h10,13-15,25,29H,3-9,11-12H2,1-2H3,(H,31,32). The molecular formula is C23H31FN4O5. The number of hydrogen-bond acceptors (Lipinski definition) is 7. The fraction of sp³-hybridized carbons (Fsp3) is 0.565. The van der Waals surface area contributed by atoms with Gasteiger partial charge in [0.1, 0.15) is 11.3 Å². The van der Waals surface area contributed by atoms with E-state index in [-0.39, 0.29) is 28.4 Å². The second-order valence-corrected chi connectivity index (χ2v) is 8.70. The van der Waals surface area contributed by atoms with Crippen LogP contribution in [0.1, 0.15) is 36.2 Å². The quantitative estimate of drug-likeness (QED) is 0.512. The van der Waals surface area contributed by atoms with E-state index in [9.17, 15) is 19.8 Å². The third-order valence-corrected chi connectivity index (χ3v) is 6.36. The maximum atomic E-state index is 15.4. The Kier molecular flexibility index (Phi) is 6.87. The molecule has 4 rings (SSSR count). The van der Waals surface area contributed by atoms with Crippen LogP contribution in [-0.2, 0) is 0 Å². The van der Waals surface area contributed by atoms with E-state index in [0.717, 1.165) is 25.5 Å². The second kappa shape index (κ2) is 9.66. The van der Waals surface area contributed by atoms with Crippen LogP contribution < -0.4 is 20.4 Å². The van der Waals surface area contributed by atoms with Crippen LogP contribution in [0, 0.1) is 5.82 Å². The lowest BCUT2D eigenvalue weighted by Gasteiger charge is -2.37. The van der Waals surface area contributed by atoms with Crippen molar-refractivity contribution in [2.45, 2.75) is 31.9 Å². The summed E-state index contributed by atoms with van der Waals surface area (Å²) in [5.74, 6) is -1.68. The molecule has 0 amide bonds. The van der Waals surface area contributed by atoms with Gasteiger partial charge in [0, 0.05) is 51.5 Å². The number of aliphatic hydroxyl groups is 1. The van der Waals surface area contributed by atoms with Crippen molar-refractivity contribution in [3.05, 3.63) is 33.9 Å². The van der Waals surface area contributed by atoms with E-state index in [2.05, 4.69) is 10.2 Å². The van der Waals surface area contributed by atoms with Crippen LogP contribution in [-0.4, -0.2) is 84.7 Å². The molecule has 9 nitrogen and oxygen atoms in total. The second-order valence-electron chi connectivity index (χ2n) is 8.70. The number of carboxylic acid groups (broad SMARTS) is 1. The summed E-state index contributed by atoms with van der Waals surface area (Å²) in [6.45, 7) is 6.22. The molecule has 3 N–H and O–H groups in total. The topological polar surface area (TPSA) is 107 Å². The minimum Gasteiger partial charge on any atom is -0.492 e. The third kappa shape index (κ3) is 4.68. The molecule has 10 heteroatoms. The summed E-state index contributed by atoms with van der Waals surface area (Å²) in [7, 11) is 1.44. The van der Waals surface area contributed by atoms with Crippen LogP contribution in [0.15, 0.2) is 17.1 Å². The molecule has 0 radical (unpaired) electrons. The van der Waals surface area contributed by atoms with Crippen molar-refractivity contribution < 1.29 is 24.1 Å². The van der Waals surface area contributed by atoms with Gasteiger partial charge in [-0.1, -0.05) is 6.92 Å². The van der Waals surface area contributed by atoms with Crippen LogP contribution in [0.3, 0.4) is 0 Å². The number of carbonyl (C=O) groups is 1. The van der Waals surface area contributed by atoms with Crippen LogP contribution >= 0.6 is 0 Å². The highest BCUT2D eigenvalue weighted by atomic mass is 19.1. The Hall–Kier alpha value is -2.69. The summed E-state index contributed by atoms with van der Waals surface area (Å²) < 4.78 is 22.8. The summed E-state index contributed by atoms with van der Waals surface area (Å²) in [6.07, 6.45) is 2.61. The van der Waals surface area contributed by atoms with Crippen LogP contribution in [0.5, 0.6) is 5.75 Å². The van der Waals surface area contributed by atoms with Gasteiger partial charge in [-0.3, -0.25) is 9.69 Å². The molecule has 1 aromatic heterocycles. The smallest absolute Gasteiger partial charge is 0.341 e. The Balaban J connectivity index is 1.67. The van der Waals surface area contributed by atoms with Gasteiger partial charge in [-0.05, 0) is 25.5 Å². The SMILES string of the molecule is CCNCC(O)CN1CCN(c2c(F)cc3c(=O)c(C(=O)O)cn(C4CC4)c3c2OC)CC1. The Morgan fingerprint density at radius 3 is 2.58 bits per heavy atom. The number of likely N-dealkylation sites (N-methyl/N-ethyl adjacent to an activating group) is 1. The average molecular weight is 463 g/mol. The van der Waals surface area contributed by atoms with E-state index in [1.165, 1.54) is 13.3 Å². The molecule has 2 heterocycles. The molecule has 2 aromatic rings. The molecule has 1 saturated heterocycles. The van der Waals surface area contributed by atoms with Crippen molar-refractivity contribution in [2.75, 3.05) is 57.8 Å². The van der Waals surface area contributed by atoms with Crippen molar-refractivity contribution in [1.29, 1.82) is 0 Å². The lowest BCUT2D eigenvalue weighted by atomic mass is 10.1. The number of carboxylic acids is 1. The number of nitrogens with zero attached hydrogens (tertiary/aromatic N) is 3. The van der Waals surface area contributed by atoms with Crippen molar-refractivity contribution in [3.8, 4) is 5.75 Å². The van der Waals surface area contributed by atoms with Gasteiger partial charge in [-0.25, -0.2) is 9.18 Å². The molecular weight excluding hydrogens is 431 g/mol. The number of methoxy groups -OCH3 is 1. The predicted molar refractivity (Wildman–Crippen MR) is 123 cm³/mol. The first kappa shape index (κ1) is 23.5. The van der Waals surface area contributed by atoms with Gasteiger partial charge in [0.25, 0.3) is 0 Å². The summed E-state index contributed by atoms with van der Waals surface area (Å²) in [4.78, 5) is 28.5. The first-order chi connectivity index (χ1) is 15.8. The molecule has 1 aromatic carbocycles. The number of anilines is 1. The number of hydrogen-bond donors (Lipinski definition) is 3. The summed E-state index contributed by atoms with van der Waals surface area (Å²) in [5.41, 5.74) is -0.351. The van der Waals surface area contributed by atoms with E-state index in [0.29, 0.717) is 44.8 Å². The van der Waals surface area contributed by atoms with Gasteiger partial charge in [-0.15, -0.1) is 0 Å². The van der Waals surface area contributed by atoms with Gasteiger partial charge in [-0.2, -0.15) is 0 Å². The number of fused-ring (bicyclic) bond motifs is 1. The number of aliphatic hydroxyl groups excluding tert-OH is 1. The molecule has 0 spiro atoms. The number of piperazine rings is 1. The van der Waals surface area contributed by atoms with E-state index >= 15 is 4.39 Å². The van der Waals surface area contributed by atoms with Gasteiger partial charge in [0.15, 0.2) is 11.6 Å². The minimum atomic E-state index is -1.33. The van der Waals surface area contributed by atoms with Gasteiger partial charge < -0.3 is 29.7 Å². The molecule has 2 fully saturated rings. The first-order valence-corrected chi connectivity index (χ1v) is 11.4. The average Bonchev–Trinajstić information content (AvgIpc) is 3.63. The third-order valence-electron chi connectivity index (χ3n) is 6.36. The monoisotopic (exact) mass is 462 g/mol. The fourth-order valence-electron chi connectivity index (χ4n) is 4.55. The van der Waals surface area contributed by atoms with Crippen molar-refractivity contribution in [2.24, 2.45) is 0 Å². The normalized spacial score (nSPS) is 18.0. The first-order valence-electron chi connectivity index (χ1n) is 11.4. The lowest BCUT2D eigenvalue weighted by Crippen LogP contribution is -2.50. The number of nitrogens with one attached hydrogen (secondary N) is 1. The molecule has 1 aliphatic heterocycles. The number of rotatable bonds is 9. The van der Waals surface area contributed by atoms with Crippen LogP contribution in [0.25, 0.3) is 10.9 Å². The summed E-state index contributed by atoms with van der Waals surface area (Å²) in [6, 6.07) is 1.21. The molecule has 0 bridgehead atoms. The summed E-state index contributed by atoms with van der Waals surface area (Å²) in [5, 5.41) is 22.8. The molecule has 1 saturated carbocycles. The number of halogens is 1. The van der Waals surface area contributed by atoms with Gasteiger partial charge in [0.05, 0.1) is 24.1 Å². The van der Waals surface area contributed by atoms with Gasteiger partial charge in [0.2, 0.25) is 5.43 Å². The lowest BCUT2D eigenvalue weighted by molar-refractivity contribution is 0.0694. The molecule has 33 heavy (non-hydrogen) atoms. The number of pyridine rings is 1. The zero-order valence-corrected chi connectivity index (χ0v) is 19.0. The maximum absolute atomic E-state index is 15.4. The fourth-order valence-corrected chi connectivity index (χ4v) is 4.55. The number of ether oxygens (including phenoxy) is 1. The highest BCUT2D eigenvalue weighted by Crippen LogP contribution is 2.43. The van der Waals surface area contributed by atoms with Gasteiger partial charge >= 0.3 is 5.97 Å². The largest absolute Gasteiger partial charge is 0.492 e. The molecule has 180 valence electrons. The van der Waals surface area contributed by atoms with Crippen LogP contribution in [0.2, 0.25) is 0 Å². The van der Waals surface area contributed by atoms with Crippen molar-refractivity contribution in [3.63, 3.8) is 0 Å². The van der Waals surface area contributed by atoms with E-state index in [1.54, 1.807) is 4.57 Å². The Labute approximate surface area is 191 Å². The minimum absolute atomic E-state index is 0.0186. The van der Waals surface area contributed by atoms with E-state index in [1.807, 2.05) is 11.8 Å². The van der Waals surface area contributed by atoms with E-state index in [4.69, 9.17) is 4.74 Å². The number of aromatic carboxylic acids is 1. The van der Waals surface area contributed by atoms with Crippen molar-refractivity contribution >= 4 is 22.6 Å². The Bertz CT molecular complexity index is 1090. The number of benzene rings is 1. The molecule has 1 atom stereocenters. The number of β-amino-alcohol motifs (C(OH)–C–C–N with tert-alkyl or cyclic N) is 1. The van der Waals surface area contributed by atoms with Crippen molar-refractivity contribution in [1.82, 2.24) is 14.8 Å². The van der Waals surface area contributed by atoms with Crippen LogP contribution in [0.4, 0.5) is 10.1 Å². The zero-order chi connectivity index (χ0) is 23.7. The Morgan fingerprint density at radius 2 is 2.00 bits per heavy atom. The van der Waals surface area contributed by atoms with E-state index < -0.39 is 23.3 Å². The molecule has 1 aliphatic carbocycles. The predicted octanol–water partition coefficient (Wildman–Crippen LogP) is 1.27. The zero-order valence-electron chi connectivity index (χ0n) is 19.0. The molecule has 1 unspecified atom stereocenters. The highest BCUT2D eigenvalue weighted by molar-refractivity contribution is 5.97. The highest BCUT2D eigenvalue weighted by Gasteiger charge is 2.32. The summed E-state index contributed by atoms with van der Waals surface area (Å²) >= 11 is 0. The number of aromatic nitrogens is 1. The molecule has 2 aliphatic rings. The Morgan fingerprint density at radius 1 is 1.30 bits per heavy atom. The maximum Gasteiger partial charge on any atom is 0.341 e.